The van der Waals surface area contributed by atoms with Crippen LogP contribution in [0, 0.1) is 0 Å². The molecule has 0 atom stereocenters. The third-order valence-electron chi connectivity index (χ3n) is 2.29. The van der Waals surface area contributed by atoms with Crippen molar-refractivity contribution in [2.75, 3.05) is 25.6 Å². The van der Waals surface area contributed by atoms with Gasteiger partial charge in [-0.2, -0.15) is 13.2 Å². The number of likely N-dealkylation sites (N-methyl/N-ethyl adjacent to an activating group) is 1. The SMILES string of the molecule is COC(=O)CN(C)c1ccc(Br)c(C(F)(F)F)c1. The van der Waals surface area contributed by atoms with E-state index in [-0.39, 0.29) is 16.7 Å². The van der Waals surface area contributed by atoms with E-state index < -0.39 is 17.7 Å². The van der Waals surface area contributed by atoms with Gasteiger partial charge in [-0.05, 0) is 18.2 Å². The maximum Gasteiger partial charge on any atom is 0.417 e. The number of nitrogens with zero attached hydrogens (tertiary/aromatic N) is 1. The molecule has 0 aliphatic carbocycles. The second-order valence-corrected chi connectivity index (χ2v) is 4.45. The first-order chi connectivity index (χ1) is 8.25. The van der Waals surface area contributed by atoms with Gasteiger partial charge in [-0.1, -0.05) is 15.9 Å². The highest BCUT2D eigenvalue weighted by Crippen LogP contribution is 2.36. The zero-order chi connectivity index (χ0) is 13.9. The van der Waals surface area contributed by atoms with Crippen molar-refractivity contribution in [3.8, 4) is 0 Å². The van der Waals surface area contributed by atoms with Crippen LogP contribution in [0.5, 0.6) is 0 Å². The number of hydrogen-bond donors (Lipinski definition) is 0. The van der Waals surface area contributed by atoms with Crippen LogP contribution in [0.4, 0.5) is 18.9 Å². The van der Waals surface area contributed by atoms with Crippen molar-refractivity contribution in [1.82, 2.24) is 0 Å². The minimum Gasteiger partial charge on any atom is -0.468 e. The van der Waals surface area contributed by atoms with Crippen LogP contribution in [0.2, 0.25) is 0 Å². The average molecular weight is 326 g/mol. The molecule has 0 unspecified atom stereocenters. The second kappa shape index (κ2) is 5.60. The third-order valence-corrected chi connectivity index (χ3v) is 2.98. The van der Waals surface area contributed by atoms with Crippen LogP contribution < -0.4 is 4.90 Å². The van der Waals surface area contributed by atoms with Crippen molar-refractivity contribution in [2.24, 2.45) is 0 Å². The van der Waals surface area contributed by atoms with Crippen molar-refractivity contribution in [2.45, 2.75) is 6.18 Å². The molecule has 0 amide bonds. The number of hydrogen-bond acceptors (Lipinski definition) is 3. The summed E-state index contributed by atoms with van der Waals surface area (Å²) in [6.45, 7) is -0.116. The monoisotopic (exact) mass is 325 g/mol. The molecule has 3 nitrogen and oxygen atoms in total. The minimum atomic E-state index is -4.44. The summed E-state index contributed by atoms with van der Waals surface area (Å²) in [6, 6.07) is 3.77. The Labute approximate surface area is 111 Å². The van der Waals surface area contributed by atoms with Crippen molar-refractivity contribution in [1.29, 1.82) is 0 Å². The van der Waals surface area contributed by atoms with Gasteiger partial charge in [0.05, 0.1) is 12.7 Å². The molecule has 0 heterocycles. The number of ether oxygens (including phenoxy) is 1. The Kier molecular flexibility index (Phi) is 4.61. The lowest BCUT2D eigenvalue weighted by atomic mass is 10.2. The third kappa shape index (κ3) is 3.63. The van der Waals surface area contributed by atoms with Crippen LogP contribution in [0.15, 0.2) is 22.7 Å². The first kappa shape index (κ1) is 14.8. The summed E-state index contributed by atoms with van der Waals surface area (Å²) in [6.07, 6.45) is -4.44. The van der Waals surface area contributed by atoms with Gasteiger partial charge in [0.2, 0.25) is 0 Å². The van der Waals surface area contributed by atoms with Gasteiger partial charge in [0.25, 0.3) is 0 Å². The number of esters is 1. The first-order valence-corrected chi connectivity index (χ1v) is 5.69. The Hall–Kier alpha value is -1.24. The number of rotatable bonds is 3. The summed E-state index contributed by atoms with van der Waals surface area (Å²) in [5, 5.41) is 0. The highest BCUT2D eigenvalue weighted by molar-refractivity contribution is 9.10. The maximum absolute atomic E-state index is 12.7. The summed E-state index contributed by atoms with van der Waals surface area (Å²) in [5.74, 6) is -0.519. The molecule has 0 bridgehead atoms. The van der Waals surface area contributed by atoms with E-state index in [2.05, 4.69) is 20.7 Å². The van der Waals surface area contributed by atoms with Crippen LogP contribution in [0.1, 0.15) is 5.56 Å². The molecule has 0 radical (unpaired) electrons. The smallest absolute Gasteiger partial charge is 0.417 e. The number of anilines is 1. The molecule has 1 aromatic rings. The Morgan fingerprint density at radius 2 is 2.06 bits per heavy atom. The van der Waals surface area contributed by atoms with Crippen molar-refractivity contribution in [3.05, 3.63) is 28.2 Å². The normalized spacial score (nSPS) is 11.2. The summed E-state index contributed by atoms with van der Waals surface area (Å²) >= 11 is 2.85. The van der Waals surface area contributed by atoms with E-state index in [1.165, 1.54) is 31.2 Å². The fraction of sp³-hybridized carbons (Fsp3) is 0.364. The lowest BCUT2D eigenvalue weighted by molar-refractivity contribution is -0.139. The van der Waals surface area contributed by atoms with Gasteiger partial charge in [-0.15, -0.1) is 0 Å². The summed E-state index contributed by atoms with van der Waals surface area (Å²) in [5.41, 5.74) is -0.493. The molecule has 7 heteroatoms. The molecule has 0 spiro atoms. The van der Waals surface area contributed by atoms with Gasteiger partial charge in [-0.25, -0.2) is 0 Å². The molecule has 1 rings (SSSR count). The number of carbonyl (C=O) groups excluding carboxylic acids is 1. The Bertz CT molecular complexity index is 448. The summed E-state index contributed by atoms with van der Waals surface area (Å²) in [7, 11) is 2.74. The predicted octanol–water partition coefficient (Wildman–Crippen LogP) is 3.08. The number of benzene rings is 1. The minimum absolute atomic E-state index is 0.0368. The summed E-state index contributed by atoms with van der Waals surface area (Å²) in [4.78, 5) is 12.4. The van der Waals surface area contributed by atoms with E-state index in [9.17, 15) is 18.0 Å². The van der Waals surface area contributed by atoms with E-state index in [1.807, 2.05) is 0 Å². The highest BCUT2D eigenvalue weighted by Gasteiger charge is 2.33. The molecular weight excluding hydrogens is 315 g/mol. The maximum atomic E-state index is 12.7. The Morgan fingerprint density at radius 3 is 2.56 bits per heavy atom. The number of alkyl halides is 3. The van der Waals surface area contributed by atoms with Gasteiger partial charge in [0, 0.05) is 17.2 Å². The van der Waals surface area contributed by atoms with E-state index in [0.29, 0.717) is 0 Å². The highest BCUT2D eigenvalue weighted by atomic mass is 79.9. The van der Waals surface area contributed by atoms with E-state index in [1.54, 1.807) is 0 Å². The molecule has 1 aromatic carbocycles. The zero-order valence-electron chi connectivity index (χ0n) is 9.71. The van der Waals surface area contributed by atoms with Crippen LogP contribution in [0.25, 0.3) is 0 Å². The van der Waals surface area contributed by atoms with Gasteiger partial charge < -0.3 is 9.64 Å². The van der Waals surface area contributed by atoms with E-state index >= 15 is 0 Å². The molecule has 100 valence electrons. The Balaban J connectivity index is 3.01. The molecule has 0 saturated carbocycles. The van der Waals surface area contributed by atoms with Crippen molar-refractivity contribution >= 4 is 27.6 Å². The largest absolute Gasteiger partial charge is 0.468 e. The standard InChI is InChI=1S/C11H11BrF3NO2/c1-16(6-10(17)18-2)7-3-4-9(12)8(5-7)11(13,14)15/h3-5H,6H2,1-2H3. The molecule has 18 heavy (non-hydrogen) atoms. The van der Waals surface area contributed by atoms with Gasteiger partial charge in [-0.3, -0.25) is 4.79 Å². The quantitative estimate of drug-likeness (QED) is 0.800. The number of methoxy groups -OCH3 is 1. The molecule has 0 aromatic heterocycles. The number of halogens is 4. The van der Waals surface area contributed by atoms with Crippen LogP contribution in [-0.4, -0.2) is 26.7 Å². The van der Waals surface area contributed by atoms with Crippen LogP contribution >= 0.6 is 15.9 Å². The zero-order valence-corrected chi connectivity index (χ0v) is 11.3. The van der Waals surface area contributed by atoms with Gasteiger partial charge >= 0.3 is 12.1 Å². The lowest BCUT2D eigenvalue weighted by Crippen LogP contribution is -2.26. The topological polar surface area (TPSA) is 29.5 Å². The van der Waals surface area contributed by atoms with Gasteiger partial charge in [0.1, 0.15) is 6.54 Å². The molecule has 0 aliphatic rings. The molecular formula is C11H11BrF3NO2. The molecule has 0 saturated heterocycles. The lowest BCUT2D eigenvalue weighted by Gasteiger charge is -2.19. The van der Waals surface area contributed by atoms with E-state index in [4.69, 9.17) is 0 Å². The molecule has 0 aliphatic heterocycles. The van der Waals surface area contributed by atoms with Crippen LogP contribution in [0.3, 0.4) is 0 Å². The average Bonchev–Trinajstić information content (AvgIpc) is 2.27. The molecule has 0 fully saturated rings. The number of carbonyl (C=O) groups is 1. The van der Waals surface area contributed by atoms with Crippen molar-refractivity contribution < 1.29 is 22.7 Å². The molecule has 0 N–H and O–H groups in total. The van der Waals surface area contributed by atoms with Crippen molar-refractivity contribution in [3.63, 3.8) is 0 Å². The van der Waals surface area contributed by atoms with Crippen LogP contribution in [-0.2, 0) is 15.7 Å². The van der Waals surface area contributed by atoms with E-state index in [0.717, 1.165) is 6.07 Å². The first-order valence-electron chi connectivity index (χ1n) is 4.90. The predicted molar refractivity (Wildman–Crippen MR) is 64.4 cm³/mol. The fourth-order valence-corrected chi connectivity index (χ4v) is 1.79. The van der Waals surface area contributed by atoms with Gasteiger partial charge in [0.15, 0.2) is 0 Å². The summed E-state index contributed by atoms with van der Waals surface area (Å²) < 4.78 is 42.5. The fourth-order valence-electron chi connectivity index (χ4n) is 1.32. The Morgan fingerprint density at radius 1 is 1.44 bits per heavy atom. The second-order valence-electron chi connectivity index (χ2n) is 3.59.